The van der Waals surface area contributed by atoms with E-state index in [2.05, 4.69) is 0 Å². The van der Waals surface area contributed by atoms with Gasteiger partial charge in [-0.1, -0.05) is 36.4 Å². The van der Waals surface area contributed by atoms with Crippen LogP contribution in [0.2, 0.25) is 0 Å². The van der Waals surface area contributed by atoms with Crippen molar-refractivity contribution in [3.63, 3.8) is 0 Å². The van der Waals surface area contributed by atoms with E-state index >= 15 is 0 Å². The van der Waals surface area contributed by atoms with E-state index in [0.717, 1.165) is 24.3 Å². The number of likely N-dealkylation sites (tertiary alicyclic amines) is 1. The van der Waals surface area contributed by atoms with E-state index in [1.54, 1.807) is 12.1 Å². The van der Waals surface area contributed by atoms with Gasteiger partial charge in [0.25, 0.3) is 0 Å². The molecular weight excluding hydrogens is 408 g/mol. The third-order valence-corrected chi connectivity index (χ3v) is 5.75. The molecule has 8 heteroatoms. The van der Waals surface area contributed by atoms with Crippen molar-refractivity contribution in [1.29, 1.82) is 0 Å². The number of piperidine rings is 1. The minimum Gasteiger partial charge on any atom is -0.396 e. The molecule has 164 valence electrons. The van der Waals surface area contributed by atoms with E-state index in [1.807, 2.05) is 4.90 Å². The Hall–Kier alpha value is -2.06. The van der Waals surface area contributed by atoms with Gasteiger partial charge in [-0.2, -0.15) is 26.3 Å². The molecule has 0 unspecified atom stereocenters. The van der Waals surface area contributed by atoms with E-state index in [1.165, 1.54) is 12.1 Å². The summed E-state index contributed by atoms with van der Waals surface area (Å²) in [7, 11) is 0. The number of rotatable bonds is 5. The number of benzene rings is 2. The molecule has 0 atom stereocenters. The molecular formula is C22H23F6NO. The van der Waals surface area contributed by atoms with Crippen LogP contribution in [-0.4, -0.2) is 29.7 Å². The van der Waals surface area contributed by atoms with Gasteiger partial charge in [0, 0.05) is 13.2 Å². The van der Waals surface area contributed by atoms with Crippen LogP contribution >= 0.6 is 0 Å². The highest BCUT2D eigenvalue weighted by atomic mass is 19.4. The van der Waals surface area contributed by atoms with Gasteiger partial charge in [-0.3, -0.25) is 4.90 Å². The topological polar surface area (TPSA) is 23.5 Å². The Labute approximate surface area is 171 Å². The lowest BCUT2D eigenvalue weighted by Crippen LogP contribution is -2.42. The quantitative estimate of drug-likeness (QED) is 0.629. The smallest absolute Gasteiger partial charge is 0.396 e. The number of nitrogens with zero attached hydrogens (tertiary/aromatic N) is 1. The zero-order chi connectivity index (χ0) is 22.0. The molecule has 0 spiro atoms. The molecule has 0 aliphatic carbocycles. The third kappa shape index (κ3) is 5.55. The molecule has 0 amide bonds. The molecule has 2 aromatic carbocycles. The maximum atomic E-state index is 13.0. The number of aliphatic hydroxyl groups excluding tert-OH is 1. The van der Waals surface area contributed by atoms with Gasteiger partial charge >= 0.3 is 12.4 Å². The highest BCUT2D eigenvalue weighted by Gasteiger charge is 2.36. The van der Waals surface area contributed by atoms with E-state index in [-0.39, 0.29) is 6.61 Å². The first-order chi connectivity index (χ1) is 14.0. The van der Waals surface area contributed by atoms with Gasteiger partial charge in [-0.25, -0.2) is 0 Å². The van der Waals surface area contributed by atoms with Crippen LogP contribution in [0.5, 0.6) is 0 Å². The number of alkyl halides is 6. The standard InChI is InChI=1S/C22H23F6NO/c23-21(24,25)18-5-1-3-16(11-18)13-20(15-30)7-9-29(10-8-20)14-17-4-2-6-19(12-17)22(26,27)28/h1-6,11-12,30H,7-10,13-15H2. The fourth-order valence-corrected chi connectivity index (χ4v) is 3.97. The van der Waals surface area contributed by atoms with E-state index < -0.39 is 28.9 Å². The van der Waals surface area contributed by atoms with Gasteiger partial charge in [0.15, 0.2) is 0 Å². The van der Waals surface area contributed by atoms with Gasteiger partial charge < -0.3 is 5.11 Å². The van der Waals surface area contributed by atoms with Gasteiger partial charge in [-0.05, 0) is 61.0 Å². The number of aliphatic hydroxyl groups is 1. The monoisotopic (exact) mass is 431 g/mol. The molecule has 0 bridgehead atoms. The number of halogens is 6. The molecule has 30 heavy (non-hydrogen) atoms. The minimum absolute atomic E-state index is 0.152. The molecule has 0 saturated carbocycles. The fourth-order valence-electron chi connectivity index (χ4n) is 3.97. The largest absolute Gasteiger partial charge is 0.416 e. The first-order valence-electron chi connectivity index (χ1n) is 9.66. The van der Waals surface area contributed by atoms with Crippen LogP contribution < -0.4 is 0 Å². The molecule has 1 N–H and O–H groups in total. The van der Waals surface area contributed by atoms with Gasteiger partial charge in [0.1, 0.15) is 0 Å². The average Bonchev–Trinajstić information content (AvgIpc) is 2.69. The summed E-state index contributed by atoms with van der Waals surface area (Å²) in [5.41, 5.74) is -0.861. The molecule has 1 heterocycles. The molecule has 2 aromatic rings. The van der Waals surface area contributed by atoms with Gasteiger partial charge in [0.05, 0.1) is 11.1 Å². The second-order valence-corrected chi connectivity index (χ2v) is 8.01. The molecule has 0 aromatic heterocycles. The summed E-state index contributed by atoms with van der Waals surface area (Å²) in [6.07, 6.45) is -7.38. The predicted molar refractivity (Wildman–Crippen MR) is 101 cm³/mol. The molecule has 0 radical (unpaired) electrons. The van der Waals surface area contributed by atoms with Crippen molar-refractivity contribution >= 4 is 0 Å². The molecule has 1 aliphatic heterocycles. The van der Waals surface area contributed by atoms with Crippen LogP contribution in [0.4, 0.5) is 26.3 Å². The zero-order valence-electron chi connectivity index (χ0n) is 16.2. The average molecular weight is 431 g/mol. The number of hydrogen-bond donors (Lipinski definition) is 1. The molecule has 1 aliphatic rings. The Kier molecular flexibility index (Phi) is 6.48. The summed E-state index contributed by atoms with van der Waals surface area (Å²) in [5, 5.41) is 9.97. The van der Waals surface area contributed by atoms with Crippen LogP contribution in [-0.2, 0) is 25.3 Å². The SMILES string of the molecule is OCC1(Cc2cccc(C(F)(F)F)c2)CCN(Cc2cccc(C(F)(F)F)c2)CC1. The van der Waals surface area contributed by atoms with Crippen LogP contribution in [0.25, 0.3) is 0 Å². The Morgan fingerprint density at radius 1 is 0.800 bits per heavy atom. The van der Waals surface area contributed by atoms with E-state index in [0.29, 0.717) is 50.0 Å². The lowest BCUT2D eigenvalue weighted by atomic mass is 9.74. The highest BCUT2D eigenvalue weighted by Crippen LogP contribution is 2.37. The van der Waals surface area contributed by atoms with Crippen molar-refractivity contribution in [2.24, 2.45) is 5.41 Å². The minimum atomic E-state index is -4.42. The van der Waals surface area contributed by atoms with Crippen molar-refractivity contribution < 1.29 is 31.4 Å². The first-order valence-corrected chi connectivity index (χ1v) is 9.66. The summed E-state index contributed by atoms with van der Waals surface area (Å²) >= 11 is 0. The Morgan fingerprint density at radius 2 is 1.30 bits per heavy atom. The summed E-state index contributed by atoms with van der Waals surface area (Å²) in [5.74, 6) is 0. The van der Waals surface area contributed by atoms with Crippen LogP contribution in [0, 0.1) is 5.41 Å². The molecule has 1 saturated heterocycles. The summed E-state index contributed by atoms with van der Waals surface area (Å²) in [4.78, 5) is 2.01. The summed E-state index contributed by atoms with van der Waals surface area (Å²) in [6.45, 7) is 1.31. The zero-order valence-corrected chi connectivity index (χ0v) is 16.2. The molecule has 1 fully saturated rings. The Balaban J connectivity index is 1.64. The van der Waals surface area contributed by atoms with Gasteiger partial charge in [-0.15, -0.1) is 0 Å². The maximum absolute atomic E-state index is 13.0. The summed E-state index contributed by atoms with van der Waals surface area (Å²) < 4.78 is 77.5. The van der Waals surface area contributed by atoms with Crippen molar-refractivity contribution in [3.05, 3.63) is 70.8 Å². The number of hydrogen-bond acceptors (Lipinski definition) is 2. The summed E-state index contributed by atoms with van der Waals surface area (Å²) in [6, 6.07) is 10.3. The Morgan fingerprint density at radius 3 is 1.80 bits per heavy atom. The van der Waals surface area contributed by atoms with Crippen LogP contribution in [0.15, 0.2) is 48.5 Å². The second kappa shape index (κ2) is 8.59. The van der Waals surface area contributed by atoms with Crippen LogP contribution in [0.1, 0.15) is 35.1 Å². The van der Waals surface area contributed by atoms with E-state index in [4.69, 9.17) is 0 Å². The molecule has 2 nitrogen and oxygen atoms in total. The lowest BCUT2D eigenvalue weighted by Gasteiger charge is -2.41. The van der Waals surface area contributed by atoms with Crippen molar-refractivity contribution in [3.8, 4) is 0 Å². The highest BCUT2D eigenvalue weighted by molar-refractivity contribution is 5.27. The van der Waals surface area contributed by atoms with Gasteiger partial charge in [0.2, 0.25) is 0 Å². The van der Waals surface area contributed by atoms with E-state index in [9.17, 15) is 31.4 Å². The lowest BCUT2D eigenvalue weighted by molar-refractivity contribution is -0.138. The maximum Gasteiger partial charge on any atom is 0.416 e. The predicted octanol–water partition coefficient (Wildman–Crippen LogP) is 5.54. The molecule has 3 rings (SSSR count). The van der Waals surface area contributed by atoms with Crippen LogP contribution in [0.3, 0.4) is 0 Å². The second-order valence-electron chi connectivity index (χ2n) is 8.01. The first kappa shape index (κ1) is 22.6. The van der Waals surface area contributed by atoms with Crippen molar-refractivity contribution in [1.82, 2.24) is 4.90 Å². The fraction of sp³-hybridized carbons (Fsp3) is 0.455. The van der Waals surface area contributed by atoms with Crippen molar-refractivity contribution in [2.45, 2.75) is 38.2 Å². The normalized spacial score (nSPS) is 17.8. The van der Waals surface area contributed by atoms with Crippen molar-refractivity contribution in [2.75, 3.05) is 19.7 Å². The Bertz CT molecular complexity index is 853. The third-order valence-electron chi connectivity index (χ3n) is 5.75.